The van der Waals surface area contributed by atoms with E-state index in [0.29, 0.717) is 12.8 Å². The van der Waals surface area contributed by atoms with Crippen LogP contribution in [0.5, 0.6) is 0 Å². The third kappa shape index (κ3) is 27.2. The van der Waals surface area contributed by atoms with Crippen LogP contribution in [0.15, 0.2) is 47.4 Å². The fourth-order valence-corrected chi connectivity index (χ4v) is 7.38. The number of hydrogen-bond donors (Lipinski definition) is 1. The van der Waals surface area contributed by atoms with Gasteiger partial charge in [-0.25, -0.2) is 9.59 Å². The Hall–Kier alpha value is -2.45. The Bertz CT molecular complexity index is 1240. The van der Waals surface area contributed by atoms with Crippen LogP contribution in [0.25, 0.3) is 0 Å². The molecule has 0 saturated carbocycles. The van der Waals surface area contributed by atoms with Crippen molar-refractivity contribution in [1.29, 1.82) is 0 Å². The molecule has 0 aliphatic carbocycles. The molecule has 1 aromatic rings. The van der Waals surface area contributed by atoms with Crippen LogP contribution in [-0.4, -0.2) is 38.1 Å². The van der Waals surface area contributed by atoms with E-state index in [1.54, 1.807) is 0 Å². The fraction of sp³-hybridized carbons (Fsp3) is 0.739. The molecule has 0 aromatic heterocycles. The van der Waals surface area contributed by atoms with Gasteiger partial charge in [-0.15, -0.1) is 0 Å². The Morgan fingerprint density at radius 2 is 0.833 bits per heavy atom. The molecule has 1 N–H and O–H groups in total. The second kappa shape index (κ2) is 35.0. The van der Waals surface area contributed by atoms with Crippen molar-refractivity contribution in [3.05, 3.63) is 53.6 Å². The van der Waals surface area contributed by atoms with Gasteiger partial charge in [-0.2, -0.15) is 8.42 Å². The first-order valence-corrected chi connectivity index (χ1v) is 23.5. The lowest BCUT2D eigenvalue weighted by molar-refractivity contribution is 0.0446. The number of allylic oxidation sites excluding steroid dienone is 4. The average molecular weight is 775 g/mol. The van der Waals surface area contributed by atoms with E-state index in [1.165, 1.54) is 153 Å². The maximum atomic E-state index is 13.0. The van der Waals surface area contributed by atoms with Gasteiger partial charge in [0, 0.05) is 0 Å². The van der Waals surface area contributed by atoms with E-state index in [9.17, 15) is 22.6 Å². The smallest absolute Gasteiger partial charge is 0.340 e. The van der Waals surface area contributed by atoms with Crippen LogP contribution in [0.2, 0.25) is 0 Å². The minimum Gasteiger partial charge on any atom is -0.462 e. The molecule has 1 aromatic carbocycles. The van der Waals surface area contributed by atoms with Crippen molar-refractivity contribution in [2.45, 2.75) is 211 Å². The second-order valence-corrected chi connectivity index (χ2v) is 16.4. The molecule has 0 saturated heterocycles. The molecule has 54 heavy (non-hydrogen) atoms. The van der Waals surface area contributed by atoms with E-state index < -0.39 is 32.5 Å². The molecular weight excluding hydrogens is 697 g/mol. The van der Waals surface area contributed by atoms with Crippen molar-refractivity contribution in [3.8, 4) is 0 Å². The van der Waals surface area contributed by atoms with E-state index in [-0.39, 0.29) is 18.8 Å². The Morgan fingerprint density at radius 3 is 1.20 bits per heavy atom. The van der Waals surface area contributed by atoms with Crippen LogP contribution in [0, 0.1) is 0 Å². The number of carbonyl (C=O) groups is 2. The van der Waals surface area contributed by atoms with E-state index in [2.05, 4.69) is 38.2 Å². The zero-order chi connectivity index (χ0) is 39.4. The van der Waals surface area contributed by atoms with Crippen LogP contribution < -0.4 is 0 Å². The van der Waals surface area contributed by atoms with Crippen molar-refractivity contribution in [2.75, 3.05) is 13.2 Å². The van der Waals surface area contributed by atoms with Crippen molar-refractivity contribution < 1.29 is 32.0 Å². The molecule has 8 heteroatoms. The van der Waals surface area contributed by atoms with Gasteiger partial charge >= 0.3 is 11.9 Å². The van der Waals surface area contributed by atoms with Gasteiger partial charge < -0.3 is 9.47 Å². The van der Waals surface area contributed by atoms with Gasteiger partial charge in [-0.1, -0.05) is 185 Å². The van der Waals surface area contributed by atoms with E-state index >= 15 is 0 Å². The largest absolute Gasteiger partial charge is 0.462 e. The Labute approximate surface area is 331 Å². The van der Waals surface area contributed by atoms with Crippen molar-refractivity contribution >= 4 is 22.1 Å². The van der Waals surface area contributed by atoms with Gasteiger partial charge in [0.15, 0.2) is 0 Å². The minimum absolute atomic E-state index is 0.110. The average Bonchev–Trinajstić information content (AvgIpc) is 3.16. The quantitative estimate of drug-likeness (QED) is 0.0310. The van der Waals surface area contributed by atoms with E-state index in [1.807, 2.05) is 0 Å². The number of esters is 2. The number of unbranched alkanes of at least 4 members (excludes halogenated alkanes) is 26. The van der Waals surface area contributed by atoms with Gasteiger partial charge in [0.05, 0.1) is 24.3 Å². The van der Waals surface area contributed by atoms with Crippen LogP contribution in [-0.2, 0) is 19.6 Å². The molecular formula is C46H78O7S. The number of benzene rings is 1. The molecule has 0 spiro atoms. The first-order chi connectivity index (χ1) is 26.3. The van der Waals surface area contributed by atoms with E-state index in [4.69, 9.17) is 9.47 Å². The summed E-state index contributed by atoms with van der Waals surface area (Å²) in [5, 5.41) is 0. The third-order valence-electron chi connectivity index (χ3n) is 9.97. The van der Waals surface area contributed by atoms with Crippen molar-refractivity contribution in [1.82, 2.24) is 0 Å². The van der Waals surface area contributed by atoms with Gasteiger partial charge in [0.2, 0.25) is 0 Å². The molecule has 7 nitrogen and oxygen atoms in total. The molecule has 0 unspecified atom stereocenters. The standard InChI is InChI=1S/C46H78O7S/c1-3-5-7-9-11-13-15-17-19-21-23-25-27-29-31-33-35-40-52-45(47)42-38-37-39-43(54(49,50)51)44(42)46(48)53-41-36-34-32-30-28-26-24-22-20-18-16-14-12-10-8-6-4-2/h7-10,37-39H,3-6,11-36,40-41H2,1-2H3,(H,49,50,51)/b9-7+,10-8+. The predicted molar refractivity (Wildman–Crippen MR) is 225 cm³/mol. The normalized spacial score (nSPS) is 11.9. The summed E-state index contributed by atoms with van der Waals surface area (Å²) in [6, 6.07) is 3.76. The zero-order valence-corrected chi connectivity index (χ0v) is 35.3. The molecule has 0 aliphatic rings. The lowest BCUT2D eigenvalue weighted by Crippen LogP contribution is -2.19. The number of rotatable bonds is 37. The predicted octanol–water partition coefficient (Wildman–Crippen LogP) is 14.1. The lowest BCUT2D eigenvalue weighted by atomic mass is 10.0. The topological polar surface area (TPSA) is 107 Å². The summed E-state index contributed by atoms with van der Waals surface area (Å²) in [5.74, 6) is -1.74. The summed E-state index contributed by atoms with van der Waals surface area (Å²) in [5.41, 5.74) is -0.674. The highest BCUT2D eigenvalue weighted by atomic mass is 32.2. The second-order valence-electron chi connectivity index (χ2n) is 15.0. The van der Waals surface area contributed by atoms with Crippen LogP contribution in [0.3, 0.4) is 0 Å². The summed E-state index contributed by atoms with van der Waals surface area (Å²) in [7, 11) is -4.76. The summed E-state index contributed by atoms with van der Waals surface area (Å²) in [6.45, 7) is 4.71. The lowest BCUT2D eigenvalue weighted by Gasteiger charge is -2.13. The molecule has 0 fully saturated rings. The van der Waals surface area contributed by atoms with Gasteiger partial charge in [0.25, 0.3) is 10.1 Å². The fourth-order valence-electron chi connectivity index (χ4n) is 6.68. The summed E-state index contributed by atoms with van der Waals surface area (Å²) in [4.78, 5) is 25.4. The van der Waals surface area contributed by atoms with Crippen LogP contribution >= 0.6 is 0 Å². The Morgan fingerprint density at radius 1 is 0.500 bits per heavy atom. The highest BCUT2D eigenvalue weighted by Crippen LogP contribution is 2.23. The summed E-state index contributed by atoms with van der Waals surface area (Å²) in [6.07, 6.45) is 44.8. The monoisotopic (exact) mass is 775 g/mol. The first-order valence-electron chi connectivity index (χ1n) is 22.1. The Balaban J connectivity index is 2.22. The molecule has 310 valence electrons. The number of hydrogen-bond acceptors (Lipinski definition) is 6. The zero-order valence-electron chi connectivity index (χ0n) is 34.5. The van der Waals surface area contributed by atoms with Crippen molar-refractivity contribution in [3.63, 3.8) is 0 Å². The highest BCUT2D eigenvalue weighted by Gasteiger charge is 2.28. The number of ether oxygens (including phenoxy) is 2. The summed E-state index contributed by atoms with van der Waals surface area (Å²) < 4.78 is 44.8. The molecule has 0 bridgehead atoms. The molecule has 1 rings (SSSR count). The SMILES string of the molecule is CCC/C=C/CCCCCCCCCCCCCCOC(=O)c1cccc(S(=O)(=O)O)c1C(=O)OCCCCCCCCCCCCCC/C=C/CCC. The molecule has 0 radical (unpaired) electrons. The third-order valence-corrected chi connectivity index (χ3v) is 10.9. The van der Waals surface area contributed by atoms with Crippen LogP contribution in [0.4, 0.5) is 0 Å². The van der Waals surface area contributed by atoms with Crippen LogP contribution in [0.1, 0.15) is 227 Å². The highest BCUT2D eigenvalue weighted by molar-refractivity contribution is 7.86. The maximum Gasteiger partial charge on any atom is 0.340 e. The molecule has 0 amide bonds. The van der Waals surface area contributed by atoms with Gasteiger partial charge in [0.1, 0.15) is 4.90 Å². The van der Waals surface area contributed by atoms with Crippen molar-refractivity contribution in [2.24, 2.45) is 0 Å². The molecule has 0 aliphatic heterocycles. The van der Waals surface area contributed by atoms with Gasteiger partial charge in [-0.3, -0.25) is 4.55 Å². The maximum absolute atomic E-state index is 13.0. The van der Waals surface area contributed by atoms with Gasteiger partial charge in [-0.05, 0) is 63.5 Å². The minimum atomic E-state index is -4.76. The molecule has 0 heterocycles. The first kappa shape index (κ1) is 49.6. The Kier molecular flexibility index (Phi) is 32.1. The number of carbonyl (C=O) groups excluding carboxylic acids is 2. The molecule has 0 atom stereocenters. The summed E-state index contributed by atoms with van der Waals surface area (Å²) >= 11 is 0. The van der Waals surface area contributed by atoms with E-state index in [0.717, 1.165) is 44.6 Å².